The molecule has 45 heavy (non-hydrogen) atoms. The lowest BCUT2D eigenvalue weighted by molar-refractivity contribution is 0.0986. The SMILES string of the molecule is COC(=O)Oc1cc2c(c3ccccc13)C(CCl)CN2C(=O)c1ccc(C(=O)N2C[C@@H](CCl)c3c2cc(O)c2ccccc32)s1. The van der Waals surface area contributed by atoms with E-state index in [9.17, 15) is 19.5 Å². The highest BCUT2D eigenvalue weighted by atomic mass is 35.5. The fourth-order valence-electron chi connectivity index (χ4n) is 6.53. The molecule has 7 rings (SSSR count). The summed E-state index contributed by atoms with van der Waals surface area (Å²) in [5.41, 5.74) is 3.03. The zero-order valence-electron chi connectivity index (χ0n) is 24.0. The number of anilines is 2. The van der Waals surface area contributed by atoms with E-state index in [-0.39, 0.29) is 41.0 Å². The number of rotatable bonds is 5. The van der Waals surface area contributed by atoms with E-state index in [4.69, 9.17) is 32.7 Å². The summed E-state index contributed by atoms with van der Waals surface area (Å²) in [5, 5.41) is 13.9. The lowest BCUT2D eigenvalue weighted by Crippen LogP contribution is -2.30. The number of carbonyl (C=O) groups excluding carboxylic acids is 3. The van der Waals surface area contributed by atoms with E-state index < -0.39 is 6.16 Å². The number of alkyl halides is 2. The molecule has 0 spiro atoms. The highest BCUT2D eigenvalue weighted by Crippen LogP contribution is 2.48. The first-order chi connectivity index (χ1) is 21.8. The zero-order chi connectivity index (χ0) is 31.4. The number of thiophene rings is 1. The summed E-state index contributed by atoms with van der Waals surface area (Å²) in [4.78, 5) is 44.0. The minimum atomic E-state index is -0.868. The molecule has 228 valence electrons. The van der Waals surface area contributed by atoms with Crippen molar-refractivity contribution in [2.75, 3.05) is 41.8 Å². The minimum absolute atomic E-state index is 0.0871. The lowest BCUT2D eigenvalue weighted by Gasteiger charge is -2.19. The molecule has 0 radical (unpaired) electrons. The summed E-state index contributed by atoms with van der Waals surface area (Å²) in [7, 11) is 1.23. The van der Waals surface area contributed by atoms with Crippen molar-refractivity contribution in [1.29, 1.82) is 0 Å². The third-order valence-corrected chi connectivity index (χ3v) is 10.3. The molecule has 1 aromatic heterocycles. The van der Waals surface area contributed by atoms with Crippen molar-refractivity contribution >= 4 is 85.4 Å². The maximum Gasteiger partial charge on any atom is 0.513 e. The van der Waals surface area contributed by atoms with Crippen LogP contribution in [-0.4, -0.2) is 55.0 Å². The highest BCUT2D eigenvalue weighted by molar-refractivity contribution is 7.16. The van der Waals surface area contributed by atoms with Gasteiger partial charge >= 0.3 is 6.16 Å². The fourth-order valence-corrected chi connectivity index (χ4v) is 7.93. The molecular formula is C34H26Cl2N2O6S. The van der Waals surface area contributed by atoms with Crippen molar-refractivity contribution in [1.82, 2.24) is 0 Å². The van der Waals surface area contributed by atoms with Gasteiger partial charge in [-0.25, -0.2) is 4.79 Å². The first-order valence-electron chi connectivity index (χ1n) is 14.3. The number of ether oxygens (including phenoxy) is 2. The van der Waals surface area contributed by atoms with Crippen LogP contribution in [0.3, 0.4) is 0 Å². The molecule has 2 aliphatic heterocycles. The van der Waals surface area contributed by atoms with Crippen LogP contribution in [0.1, 0.15) is 42.3 Å². The van der Waals surface area contributed by atoms with Crippen molar-refractivity contribution in [2.24, 2.45) is 0 Å². The molecule has 0 saturated heterocycles. The van der Waals surface area contributed by atoms with Gasteiger partial charge in [-0.1, -0.05) is 48.5 Å². The molecule has 0 aliphatic carbocycles. The summed E-state index contributed by atoms with van der Waals surface area (Å²) < 4.78 is 10.2. The second kappa shape index (κ2) is 11.6. The Kier molecular flexibility index (Phi) is 7.55. The number of methoxy groups -OCH3 is 1. The number of halogens is 2. The highest BCUT2D eigenvalue weighted by Gasteiger charge is 2.38. The van der Waals surface area contributed by atoms with Gasteiger partial charge < -0.3 is 24.4 Å². The van der Waals surface area contributed by atoms with Crippen molar-refractivity contribution in [3.8, 4) is 11.5 Å². The number of aromatic hydroxyl groups is 1. The van der Waals surface area contributed by atoms with E-state index in [0.717, 1.165) is 33.2 Å². The number of phenols is 1. The van der Waals surface area contributed by atoms with Crippen LogP contribution in [0.25, 0.3) is 21.5 Å². The van der Waals surface area contributed by atoms with Gasteiger partial charge in [0.1, 0.15) is 11.5 Å². The van der Waals surface area contributed by atoms with Gasteiger partial charge in [0.05, 0.1) is 28.2 Å². The van der Waals surface area contributed by atoms with Crippen LogP contribution in [0.5, 0.6) is 11.5 Å². The standard InChI is InChI=1S/C34H26Cl2N2O6S/c1-43-34(42)44-27-13-25-31(23-9-5-3-7-21(23)27)19(15-36)17-38(25)33(41)29-11-10-28(45-29)32(40)37-16-18(14-35)30-22-8-4-2-6-20(22)26(39)12-24(30)37/h2-13,18-19,39H,14-17H2,1H3/t18-,19?/m1/s1. The van der Waals surface area contributed by atoms with Crippen LogP contribution in [0, 0.1) is 0 Å². The Morgan fingerprint density at radius 3 is 1.80 bits per heavy atom. The number of hydrogen-bond acceptors (Lipinski definition) is 7. The van der Waals surface area contributed by atoms with E-state index in [1.807, 2.05) is 48.5 Å². The topological polar surface area (TPSA) is 96.4 Å². The quantitative estimate of drug-likeness (QED) is 0.117. The summed E-state index contributed by atoms with van der Waals surface area (Å²) >= 11 is 13.9. The first-order valence-corrected chi connectivity index (χ1v) is 16.1. The van der Waals surface area contributed by atoms with Crippen LogP contribution < -0.4 is 14.5 Å². The monoisotopic (exact) mass is 660 g/mol. The molecule has 0 saturated carbocycles. The maximum absolute atomic E-state index is 14.0. The van der Waals surface area contributed by atoms with E-state index >= 15 is 0 Å². The van der Waals surface area contributed by atoms with Crippen LogP contribution in [0.15, 0.2) is 72.8 Å². The van der Waals surface area contributed by atoms with E-state index in [1.54, 1.807) is 34.1 Å². The van der Waals surface area contributed by atoms with E-state index in [0.29, 0.717) is 50.9 Å². The molecule has 3 heterocycles. The van der Waals surface area contributed by atoms with E-state index in [2.05, 4.69) is 0 Å². The van der Waals surface area contributed by atoms with Crippen molar-refractivity contribution in [3.63, 3.8) is 0 Å². The molecule has 8 nitrogen and oxygen atoms in total. The zero-order valence-corrected chi connectivity index (χ0v) is 26.3. The van der Waals surface area contributed by atoms with Crippen LogP contribution >= 0.6 is 34.5 Å². The van der Waals surface area contributed by atoms with Crippen molar-refractivity contribution in [3.05, 3.63) is 93.7 Å². The number of benzene rings is 4. The maximum atomic E-state index is 14.0. The normalized spacial score (nSPS) is 17.0. The van der Waals surface area contributed by atoms with E-state index in [1.165, 1.54) is 7.11 Å². The largest absolute Gasteiger partial charge is 0.513 e. The molecule has 2 atom stereocenters. The number of amides is 2. The van der Waals surface area contributed by atoms with Gasteiger partial charge in [-0.3, -0.25) is 9.59 Å². The van der Waals surface area contributed by atoms with Crippen molar-refractivity contribution in [2.45, 2.75) is 11.8 Å². The van der Waals surface area contributed by atoms with Crippen LogP contribution in [0.4, 0.5) is 16.2 Å². The van der Waals surface area contributed by atoms with Gasteiger partial charge in [0.2, 0.25) is 0 Å². The third-order valence-electron chi connectivity index (χ3n) is 8.52. The first kappa shape index (κ1) is 29.4. The number of carbonyl (C=O) groups is 3. The molecule has 1 unspecified atom stereocenters. The van der Waals surface area contributed by atoms with Crippen LogP contribution in [-0.2, 0) is 4.74 Å². The Bertz CT molecular complexity index is 2030. The van der Waals surface area contributed by atoms with Gasteiger partial charge in [0.15, 0.2) is 0 Å². The van der Waals surface area contributed by atoms with Gasteiger partial charge in [0, 0.05) is 59.6 Å². The van der Waals surface area contributed by atoms with Gasteiger partial charge in [-0.2, -0.15) is 0 Å². The predicted octanol–water partition coefficient (Wildman–Crippen LogP) is 7.87. The fraction of sp³-hybridized carbons (Fsp3) is 0.206. The smallest absolute Gasteiger partial charge is 0.507 e. The molecule has 5 aromatic rings. The molecule has 11 heteroatoms. The summed E-state index contributed by atoms with van der Waals surface area (Å²) in [6, 6.07) is 21.6. The Morgan fingerprint density at radius 1 is 0.778 bits per heavy atom. The van der Waals surface area contributed by atoms with Crippen molar-refractivity contribution < 1.29 is 29.0 Å². The summed E-state index contributed by atoms with van der Waals surface area (Å²) in [6.07, 6.45) is -0.868. The third kappa shape index (κ3) is 4.77. The Hall–Kier alpha value is -4.31. The summed E-state index contributed by atoms with van der Waals surface area (Å²) in [6.45, 7) is 0.688. The molecule has 1 N–H and O–H groups in total. The number of hydrogen-bond donors (Lipinski definition) is 1. The number of phenolic OH excluding ortho intramolecular Hbond substituents is 1. The Morgan fingerprint density at radius 2 is 1.27 bits per heavy atom. The molecule has 0 fully saturated rings. The second-order valence-electron chi connectivity index (χ2n) is 11.0. The summed E-state index contributed by atoms with van der Waals surface area (Å²) in [5.74, 6) is 0.115. The molecule has 4 aromatic carbocycles. The van der Waals surface area contributed by atoms with Gasteiger partial charge in [0.25, 0.3) is 11.8 Å². The van der Waals surface area contributed by atoms with Gasteiger partial charge in [-0.05, 0) is 34.0 Å². The number of fused-ring (bicyclic) bond motifs is 6. The number of nitrogens with zero attached hydrogens (tertiary/aromatic N) is 2. The molecular weight excluding hydrogens is 635 g/mol. The van der Waals surface area contributed by atoms with Gasteiger partial charge in [-0.15, -0.1) is 34.5 Å². The second-order valence-corrected chi connectivity index (χ2v) is 12.7. The minimum Gasteiger partial charge on any atom is -0.507 e. The predicted molar refractivity (Wildman–Crippen MR) is 177 cm³/mol. The average Bonchev–Trinajstić information content (AvgIpc) is 3.80. The molecule has 0 bridgehead atoms. The Balaban J connectivity index is 1.23. The lowest BCUT2D eigenvalue weighted by atomic mass is 9.95. The Labute approximate surface area is 272 Å². The average molecular weight is 662 g/mol. The molecule has 2 aliphatic rings. The molecule has 2 amide bonds. The van der Waals surface area contributed by atoms with Crippen LogP contribution in [0.2, 0.25) is 0 Å².